The Balaban J connectivity index is 2.05. The molecule has 0 fully saturated rings. The van der Waals surface area contributed by atoms with Crippen molar-refractivity contribution in [2.75, 3.05) is 0 Å². The van der Waals surface area contributed by atoms with Gasteiger partial charge < -0.3 is 14.8 Å². The molecular formula is C16H16BrNO4. The van der Waals surface area contributed by atoms with E-state index in [-0.39, 0.29) is 11.5 Å². The highest BCUT2D eigenvalue weighted by atomic mass is 79.9. The largest absolute Gasteiger partial charge is 0.475 e. The number of hydrogen-bond donors (Lipinski definition) is 2. The summed E-state index contributed by atoms with van der Waals surface area (Å²) in [5, 5.41) is 11.7. The lowest BCUT2D eigenvalue weighted by Crippen LogP contribution is -2.45. The second kappa shape index (κ2) is 6.36. The van der Waals surface area contributed by atoms with Crippen molar-refractivity contribution in [2.24, 2.45) is 0 Å². The van der Waals surface area contributed by atoms with E-state index in [9.17, 15) is 9.59 Å². The molecule has 1 amide bonds. The number of rotatable bonds is 5. The molecule has 22 heavy (non-hydrogen) atoms. The van der Waals surface area contributed by atoms with Crippen LogP contribution in [0.3, 0.4) is 0 Å². The van der Waals surface area contributed by atoms with Gasteiger partial charge in [-0.3, -0.25) is 4.79 Å². The predicted molar refractivity (Wildman–Crippen MR) is 85.1 cm³/mol. The number of carbonyl (C=O) groups excluding carboxylic acids is 1. The van der Waals surface area contributed by atoms with E-state index in [1.807, 2.05) is 38.1 Å². The van der Waals surface area contributed by atoms with Crippen molar-refractivity contribution in [3.63, 3.8) is 0 Å². The first kappa shape index (κ1) is 16.3. The van der Waals surface area contributed by atoms with Crippen LogP contribution < -0.4 is 5.32 Å². The van der Waals surface area contributed by atoms with Crippen molar-refractivity contribution in [2.45, 2.75) is 25.8 Å². The highest BCUT2D eigenvalue weighted by molar-refractivity contribution is 9.10. The van der Waals surface area contributed by atoms with E-state index in [1.165, 1.54) is 12.1 Å². The van der Waals surface area contributed by atoms with Crippen molar-refractivity contribution < 1.29 is 19.1 Å². The standard InChI is InChI=1S/C16H16BrNO4/c1-16(2,9-10-3-5-11(17)6-4-10)18-14(19)12-7-8-13(22-12)15(20)21/h3-8H,9H2,1-2H3,(H,18,19)(H,20,21). The number of halogens is 1. The number of carboxylic acid groups (broad SMARTS) is 1. The Morgan fingerprint density at radius 1 is 1.14 bits per heavy atom. The van der Waals surface area contributed by atoms with E-state index >= 15 is 0 Å². The fraction of sp³-hybridized carbons (Fsp3) is 0.250. The van der Waals surface area contributed by atoms with Gasteiger partial charge in [0, 0.05) is 10.0 Å². The molecule has 116 valence electrons. The summed E-state index contributed by atoms with van der Waals surface area (Å²) in [4.78, 5) is 22.9. The van der Waals surface area contributed by atoms with Crippen molar-refractivity contribution in [3.8, 4) is 0 Å². The van der Waals surface area contributed by atoms with Crippen LogP contribution in [-0.4, -0.2) is 22.5 Å². The molecule has 0 radical (unpaired) electrons. The van der Waals surface area contributed by atoms with Crippen LogP contribution in [0.4, 0.5) is 0 Å². The van der Waals surface area contributed by atoms with E-state index in [0.717, 1.165) is 10.0 Å². The summed E-state index contributed by atoms with van der Waals surface area (Å²) >= 11 is 3.38. The zero-order chi connectivity index (χ0) is 16.3. The van der Waals surface area contributed by atoms with Crippen LogP contribution in [0.15, 0.2) is 45.3 Å². The minimum Gasteiger partial charge on any atom is -0.475 e. The summed E-state index contributed by atoms with van der Waals surface area (Å²) in [6.07, 6.45) is 0.637. The minimum absolute atomic E-state index is 0.0127. The Kier molecular flexibility index (Phi) is 4.71. The number of benzene rings is 1. The number of carboxylic acids is 1. The molecule has 0 atom stereocenters. The second-order valence-electron chi connectivity index (χ2n) is 5.61. The van der Waals surface area contributed by atoms with Crippen LogP contribution in [0.2, 0.25) is 0 Å². The molecular weight excluding hydrogens is 350 g/mol. The Labute approximate surface area is 136 Å². The highest BCUT2D eigenvalue weighted by Gasteiger charge is 2.24. The molecule has 0 aliphatic heterocycles. The van der Waals surface area contributed by atoms with Gasteiger partial charge in [0.1, 0.15) is 0 Å². The molecule has 2 rings (SSSR count). The quantitative estimate of drug-likeness (QED) is 0.849. The normalized spacial score (nSPS) is 11.2. The average Bonchev–Trinajstić information content (AvgIpc) is 2.90. The van der Waals surface area contributed by atoms with Gasteiger partial charge in [0.25, 0.3) is 5.91 Å². The minimum atomic E-state index is -1.20. The zero-order valence-electron chi connectivity index (χ0n) is 12.2. The van der Waals surface area contributed by atoms with Gasteiger partial charge in [0.2, 0.25) is 5.76 Å². The van der Waals surface area contributed by atoms with Gasteiger partial charge in [-0.1, -0.05) is 28.1 Å². The van der Waals surface area contributed by atoms with Crippen molar-refractivity contribution in [3.05, 3.63) is 58.0 Å². The molecule has 5 nitrogen and oxygen atoms in total. The number of furan rings is 1. The molecule has 1 aromatic carbocycles. The average molecular weight is 366 g/mol. The maximum atomic E-state index is 12.1. The van der Waals surface area contributed by atoms with Crippen LogP contribution in [0.25, 0.3) is 0 Å². The van der Waals surface area contributed by atoms with Gasteiger partial charge in [0.15, 0.2) is 5.76 Å². The topological polar surface area (TPSA) is 79.5 Å². The third-order valence-electron chi connectivity index (χ3n) is 3.05. The Bertz CT molecular complexity index is 688. The molecule has 2 aromatic rings. The third kappa shape index (κ3) is 4.21. The van der Waals surface area contributed by atoms with E-state index in [0.29, 0.717) is 6.42 Å². The SMILES string of the molecule is CC(C)(Cc1ccc(Br)cc1)NC(=O)c1ccc(C(=O)O)o1. The van der Waals surface area contributed by atoms with Crippen LogP contribution in [0.5, 0.6) is 0 Å². The monoisotopic (exact) mass is 365 g/mol. The number of carbonyl (C=O) groups is 2. The van der Waals surface area contributed by atoms with Crippen LogP contribution in [-0.2, 0) is 6.42 Å². The third-order valence-corrected chi connectivity index (χ3v) is 3.58. The Hall–Kier alpha value is -2.08. The summed E-state index contributed by atoms with van der Waals surface area (Å²) in [5.41, 5.74) is 0.584. The zero-order valence-corrected chi connectivity index (χ0v) is 13.8. The summed E-state index contributed by atoms with van der Waals surface area (Å²) < 4.78 is 6.00. The molecule has 0 unspecified atom stereocenters. The molecule has 0 saturated heterocycles. The molecule has 0 bridgehead atoms. The van der Waals surface area contributed by atoms with E-state index in [4.69, 9.17) is 9.52 Å². The summed E-state index contributed by atoms with van der Waals surface area (Å²) in [6.45, 7) is 3.79. The molecule has 0 saturated carbocycles. The first-order chi connectivity index (χ1) is 10.3. The first-order valence-corrected chi connectivity index (χ1v) is 7.46. The first-order valence-electron chi connectivity index (χ1n) is 6.67. The van der Waals surface area contributed by atoms with Crippen molar-refractivity contribution in [1.82, 2.24) is 5.32 Å². The summed E-state index contributed by atoms with van der Waals surface area (Å²) in [6, 6.07) is 10.5. The Morgan fingerprint density at radius 2 is 1.73 bits per heavy atom. The maximum Gasteiger partial charge on any atom is 0.371 e. The second-order valence-corrected chi connectivity index (χ2v) is 6.53. The van der Waals surface area contributed by atoms with E-state index < -0.39 is 17.4 Å². The van der Waals surface area contributed by atoms with Gasteiger partial charge in [0.05, 0.1) is 0 Å². The van der Waals surface area contributed by atoms with Gasteiger partial charge in [-0.2, -0.15) is 0 Å². The molecule has 2 N–H and O–H groups in total. The fourth-order valence-electron chi connectivity index (χ4n) is 2.10. The van der Waals surface area contributed by atoms with Gasteiger partial charge >= 0.3 is 5.97 Å². The summed E-state index contributed by atoms with van der Waals surface area (Å²) in [5.74, 6) is -1.90. The molecule has 0 spiro atoms. The van der Waals surface area contributed by atoms with Gasteiger partial charge in [-0.05, 0) is 50.1 Å². The number of amides is 1. The fourth-order valence-corrected chi connectivity index (χ4v) is 2.36. The van der Waals surface area contributed by atoms with Crippen LogP contribution in [0, 0.1) is 0 Å². The number of hydrogen-bond acceptors (Lipinski definition) is 3. The smallest absolute Gasteiger partial charge is 0.371 e. The highest BCUT2D eigenvalue weighted by Crippen LogP contribution is 2.17. The Morgan fingerprint density at radius 3 is 2.27 bits per heavy atom. The maximum absolute atomic E-state index is 12.1. The van der Waals surface area contributed by atoms with E-state index in [2.05, 4.69) is 21.2 Å². The van der Waals surface area contributed by atoms with Crippen LogP contribution >= 0.6 is 15.9 Å². The molecule has 0 aliphatic rings. The van der Waals surface area contributed by atoms with Gasteiger partial charge in [-0.25, -0.2) is 4.79 Å². The number of nitrogens with one attached hydrogen (secondary N) is 1. The molecule has 0 aliphatic carbocycles. The van der Waals surface area contributed by atoms with E-state index in [1.54, 1.807) is 0 Å². The molecule has 1 heterocycles. The number of aromatic carboxylic acids is 1. The van der Waals surface area contributed by atoms with Crippen molar-refractivity contribution >= 4 is 27.8 Å². The van der Waals surface area contributed by atoms with Crippen molar-refractivity contribution in [1.29, 1.82) is 0 Å². The molecule has 1 aromatic heterocycles. The lowest BCUT2D eigenvalue weighted by molar-refractivity contribution is 0.0659. The lowest BCUT2D eigenvalue weighted by Gasteiger charge is -2.26. The lowest BCUT2D eigenvalue weighted by atomic mass is 9.95. The predicted octanol–water partition coefficient (Wildman–Crippen LogP) is 3.49. The molecule has 6 heteroatoms. The van der Waals surface area contributed by atoms with Gasteiger partial charge in [-0.15, -0.1) is 0 Å². The van der Waals surface area contributed by atoms with Crippen LogP contribution in [0.1, 0.15) is 40.5 Å². The summed E-state index contributed by atoms with van der Waals surface area (Å²) in [7, 11) is 0.